The van der Waals surface area contributed by atoms with Crippen LogP contribution >= 0.6 is 12.4 Å². The molecule has 142 valence electrons. The summed E-state index contributed by atoms with van der Waals surface area (Å²) in [5.74, 6) is 1.41. The summed E-state index contributed by atoms with van der Waals surface area (Å²) in [6.07, 6.45) is 1.13. The molecule has 0 aromatic heterocycles. The lowest BCUT2D eigenvalue weighted by atomic mass is 9.98. The van der Waals surface area contributed by atoms with Gasteiger partial charge in [0.15, 0.2) is 11.5 Å². The van der Waals surface area contributed by atoms with Crippen LogP contribution in [-0.2, 0) is 11.2 Å². The maximum atomic E-state index is 12.2. The fourth-order valence-electron chi connectivity index (χ4n) is 2.69. The van der Waals surface area contributed by atoms with Crippen LogP contribution in [0.5, 0.6) is 11.5 Å². The van der Waals surface area contributed by atoms with E-state index >= 15 is 0 Å². The number of methoxy groups -OCH3 is 2. The van der Waals surface area contributed by atoms with E-state index in [9.17, 15) is 4.79 Å². The number of carbonyl (C=O) groups excluding carboxylic acids is 1. The molecule has 2 aromatic carbocycles. The summed E-state index contributed by atoms with van der Waals surface area (Å²) in [6.45, 7) is 0.656. The molecule has 0 heterocycles. The number of ether oxygens (including phenoxy) is 2. The van der Waals surface area contributed by atoms with Crippen molar-refractivity contribution in [1.29, 1.82) is 0 Å². The fourth-order valence-corrected chi connectivity index (χ4v) is 2.69. The predicted molar refractivity (Wildman–Crippen MR) is 106 cm³/mol. The Labute approximate surface area is 161 Å². The molecule has 0 aliphatic carbocycles. The summed E-state index contributed by atoms with van der Waals surface area (Å²) in [5, 5.41) is 6.13. The van der Waals surface area contributed by atoms with Gasteiger partial charge in [0.2, 0.25) is 5.91 Å². The van der Waals surface area contributed by atoms with Gasteiger partial charge in [-0.25, -0.2) is 0 Å². The second-order valence-corrected chi connectivity index (χ2v) is 5.78. The first-order valence-corrected chi connectivity index (χ1v) is 8.37. The van der Waals surface area contributed by atoms with Crippen molar-refractivity contribution in [3.05, 3.63) is 59.7 Å². The lowest BCUT2D eigenvalue weighted by Gasteiger charge is -2.20. The molecular weight excluding hydrogens is 352 g/mol. The van der Waals surface area contributed by atoms with Crippen LogP contribution in [0, 0.1) is 0 Å². The van der Waals surface area contributed by atoms with Gasteiger partial charge in [0, 0.05) is 13.0 Å². The van der Waals surface area contributed by atoms with E-state index in [2.05, 4.69) is 10.6 Å². The van der Waals surface area contributed by atoms with Gasteiger partial charge >= 0.3 is 0 Å². The topological polar surface area (TPSA) is 59.6 Å². The molecule has 0 aliphatic heterocycles. The van der Waals surface area contributed by atoms with Crippen LogP contribution in [0.3, 0.4) is 0 Å². The van der Waals surface area contributed by atoms with Crippen molar-refractivity contribution >= 4 is 18.3 Å². The summed E-state index contributed by atoms with van der Waals surface area (Å²) < 4.78 is 10.7. The summed E-state index contributed by atoms with van der Waals surface area (Å²) in [6, 6.07) is 15.7. The second kappa shape index (κ2) is 11.4. The Bertz CT molecular complexity index is 680. The van der Waals surface area contributed by atoms with Crippen molar-refractivity contribution in [3.63, 3.8) is 0 Å². The molecule has 1 unspecified atom stereocenters. The number of benzene rings is 2. The lowest BCUT2D eigenvalue weighted by molar-refractivity contribution is -0.121. The Morgan fingerprint density at radius 3 is 2.35 bits per heavy atom. The SMILES string of the molecule is CNCCC(=O)NC(Cc1ccc(OC)c(OC)c1)c1ccccc1.Cl. The van der Waals surface area contributed by atoms with E-state index in [0.717, 1.165) is 11.1 Å². The van der Waals surface area contributed by atoms with E-state index in [4.69, 9.17) is 9.47 Å². The summed E-state index contributed by atoms with van der Waals surface area (Å²) in [7, 11) is 5.08. The highest BCUT2D eigenvalue weighted by Gasteiger charge is 2.16. The molecule has 2 rings (SSSR count). The molecule has 6 heteroatoms. The first kappa shape index (κ1) is 21.8. The van der Waals surface area contributed by atoms with Crippen molar-refractivity contribution in [2.45, 2.75) is 18.9 Å². The van der Waals surface area contributed by atoms with Crippen molar-refractivity contribution in [2.24, 2.45) is 0 Å². The number of hydrogen-bond acceptors (Lipinski definition) is 4. The molecule has 0 spiro atoms. The van der Waals surface area contributed by atoms with E-state index in [0.29, 0.717) is 30.9 Å². The molecule has 0 aliphatic rings. The second-order valence-electron chi connectivity index (χ2n) is 5.78. The molecule has 0 bridgehead atoms. The Hall–Kier alpha value is -2.24. The van der Waals surface area contributed by atoms with Gasteiger partial charge in [-0.3, -0.25) is 4.79 Å². The van der Waals surface area contributed by atoms with Crippen LogP contribution in [0.25, 0.3) is 0 Å². The van der Waals surface area contributed by atoms with Crippen LogP contribution < -0.4 is 20.1 Å². The van der Waals surface area contributed by atoms with E-state index in [1.807, 2.05) is 55.6 Å². The van der Waals surface area contributed by atoms with Gasteiger partial charge in [-0.05, 0) is 36.7 Å². The average molecular weight is 379 g/mol. The standard InChI is InChI=1S/C20H26N2O3.ClH/c1-21-12-11-20(23)22-17(16-7-5-4-6-8-16)13-15-9-10-18(24-2)19(14-15)25-3;/h4-10,14,17,21H,11-13H2,1-3H3,(H,22,23);1H. The molecule has 0 fully saturated rings. The molecular formula is C20H27ClN2O3. The van der Waals surface area contributed by atoms with Gasteiger partial charge in [-0.1, -0.05) is 36.4 Å². The Morgan fingerprint density at radius 1 is 1.04 bits per heavy atom. The summed E-state index contributed by atoms with van der Waals surface area (Å²) in [5.41, 5.74) is 2.15. The van der Waals surface area contributed by atoms with E-state index in [1.165, 1.54) is 0 Å². The number of rotatable bonds is 9. The van der Waals surface area contributed by atoms with Gasteiger partial charge in [-0.15, -0.1) is 12.4 Å². The minimum atomic E-state index is -0.0938. The zero-order valence-electron chi connectivity index (χ0n) is 15.5. The Morgan fingerprint density at radius 2 is 1.73 bits per heavy atom. The van der Waals surface area contributed by atoms with Gasteiger partial charge < -0.3 is 20.1 Å². The minimum absolute atomic E-state index is 0. The first-order valence-electron chi connectivity index (χ1n) is 8.37. The zero-order chi connectivity index (χ0) is 18.1. The molecule has 5 nitrogen and oxygen atoms in total. The third-order valence-corrected chi connectivity index (χ3v) is 4.03. The van der Waals surface area contributed by atoms with Gasteiger partial charge in [0.25, 0.3) is 0 Å². The quantitative estimate of drug-likeness (QED) is 0.703. The number of halogens is 1. The summed E-state index contributed by atoms with van der Waals surface area (Å²) >= 11 is 0. The van der Waals surface area contributed by atoms with Crippen molar-refractivity contribution in [3.8, 4) is 11.5 Å². The smallest absolute Gasteiger partial charge is 0.221 e. The Balaban J connectivity index is 0.00000338. The highest BCUT2D eigenvalue weighted by Crippen LogP contribution is 2.29. The molecule has 0 radical (unpaired) electrons. The predicted octanol–water partition coefficient (Wildman–Crippen LogP) is 3.14. The molecule has 2 aromatic rings. The molecule has 0 saturated heterocycles. The van der Waals surface area contributed by atoms with Crippen molar-refractivity contribution < 1.29 is 14.3 Å². The van der Waals surface area contributed by atoms with E-state index in [1.54, 1.807) is 14.2 Å². The minimum Gasteiger partial charge on any atom is -0.493 e. The maximum Gasteiger partial charge on any atom is 0.221 e. The largest absolute Gasteiger partial charge is 0.493 e. The van der Waals surface area contributed by atoms with Gasteiger partial charge in [-0.2, -0.15) is 0 Å². The highest BCUT2D eigenvalue weighted by molar-refractivity contribution is 5.85. The third-order valence-electron chi connectivity index (χ3n) is 4.03. The normalized spacial score (nSPS) is 11.2. The number of carbonyl (C=O) groups is 1. The van der Waals surface area contributed by atoms with Crippen LogP contribution in [-0.4, -0.2) is 33.7 Å². The molecule has 26 heavy (non-hydrogen) atoms. The van der Waals surface area contributed by atoms with Crippen LogP contribution in [0.4, 0.5) is 0 Å². The van der Waals surface area contributed by atoms with E-state index in [-0.39, 0.29) is 24.4 Å². The number of amides is 1. The average Bonchev–Trinajstić information content (AvgIpc) is 2.66. The van der Waals surface area contributed by atoms with Crippen LogP contribution in [0.1, 0.15) is 23.6 Å². The zero-order valence-corrected chi connectivity index (χ0v) is 16.3. The number of nitrogens with one attached hydrogen (secondary N) is 2. The molecule has 0 saturated carbocycles. The van der Waals surface area contributed by atoms with E-state index < -0.39 is 0 Å². The third kappa shape index (κ3) is 6.24. The van der Waals surface area contributed by atoms with Crippen LogP contribution in [0.15, 0.2) is 48.5 Å². The molecule has 1 amide bonds. The van der Waals surface area contributed by atoms with Gasteiger partial charge in [0.05, 0.1) is 20.3 Å². The lowest BCUT2D eigenvalue weighted by Crippen LogP contribution is -2.31. The maximum absolute atomic E-state index is 12.2. The first-order chi connectivity index (χ1) is 12.2. The van der Waals surface area contributed by atoms with Crippen molar-refractivity contribution in [1.82, 2.24) is 10.6 Å². The van der Waals surface area contributed by atoms with Gasteiger partial charge in [0.1, 0.15) is 0 Å². The van der Waals surface area contributed by atoms with Crippen LogP contribution in [0.2, 0.25) is 0 Å². The fraction of sp³-hybridized carbons (Fsp3) is 0.350. The highest BCUT2D eigenvalue weighted by atomic mass is 35.5. The molecule has 1 atom stereocenters. The van der Waals surface area contributed by atoms with Crippen molar-refractivity contribution in [2.75, 3.05) is 27.8 Å². The Kier molecular flexibility index (Phi) is 9.55. The molecule has 2 N–H and O–H groups in total. The monoisotopic (exact) mass is 378 g/mol. The number of hydrogen-bond donors (Lipinski definition) is 2. The summed E-state index contributed by atoms with van der Waals surface area (Å²) in [4.78, 5) is 12.2.